The van der Waals surface area contributed by atoms with Gasteiger partial charge in [-0.15, -0.1) is 10.2 Å². The van der Waals surface area contributed by atoms with Crippen molar-refractivity contribution in [3.63, 3.8) is 0 Å². The maximum absolute atomic E-state index is 12.4. The van der Waals surface area contributed by atoms with E-state index >= 15 is 0 Å². The Morgan fingerprint density at radius 3 is 2.52 bits per heavy atom. The summed E-state index contributed by atoms with van der Waals surface area (Å²) in [6.45, 7) is 0.593. The Kier molecular flexibility index (Phi) is 4.98. The molecule has 31 heavy (non-hydrogen) atoms. The molecule has 0 unspecified atom stereocenters. The quantitative estimate of drug-likeness (QED) is 0.444. The Labute approximate surface area is 178 Å². The van der Waals surface area contributed by atoms with Gasteiger partial charge in [0.15, 0.2) is 5.65 Å². The zero-order chi connectivity index (χ0) is 21.0. The van der Waals surface area contributed by atoms with E-state index in [1.54, 1.807) is 18.5 Å². The molecule has 7 nitrogen and oxygen atoms in total. The molecule has 3 aromatic carbocycles. The molecule has 2 N–H and O–H groups in total. The molecule has 0 aliphatic heterocycles. The molecule has 1 amide bonds. The molecule has 7 heteroatoms. The van der Waals surface area contributed by atoms with E-state index in [9.17, 15) is 4.79 Å². The van der Waals surface area contributed by atoms with Crippen LogP contribution in [0, 0.1) is 0 Å². The summed E-state index contributed by atoms with van der Waals surface area (Å²) >= 11 is 0. The lowest BCUT2D eigenvalue weighted by Crippen LogP contribution is -2.25. The van der Waals surface area contributed by atoms with Crippen molar-refractivity contribution < 1.29 is 4.79 Å². The van der Waals surface area contributed by atoms with Crippen LogP contribution in [-0.4, -0.2) is 32.0 Å². The normalized spacial score (nSPS) is 11.0. The summed E-state index contributed by atoms with van der Waals surface area (Å²) in [5.74, 6) is 0.520. The number of carbonyl (C=O) groups is 1. The summed E-state index contributed by atoms with van der Waals surface area (Å²) in [6.07, 6.45) is 2.43. The van der Waals surface area contributed by atoms with Gasteiger partial charge in [0.1, 0.15) is 6.33 Å². The van der Waals surface area contributed by atoms with Crippen LogP contribution in [0.1, 0.15) is 15.9 Å². The van der Waals surface area contributed by atoms with Gasteiger partial charge in [0, 0.05) is 23.2 Å². The van der Waals surface area contributed by atoms with Crippen LogP contribution in [0.25, 0.3) is 16.6 Å². The molecule has 0 saturated carbocycles. The summed E-state index contributed by atoms with van der Waals surface area (Å²) in [7, 11) is 0. The van der Waals surface area contributed by atoms with E-state index in [1.165, 1.54) is 5.56 Å². The summed E-state index contributed by atoms with van der Waals surface area (Å²) in [5.41, 5.74) is 4.20. The van der Waals surface area contributed by atoms with Crippen LogP contribution in [0.3, 0.4) is 0 Å². The van der Waals surface area contributed by atoms with Crippen molar-refractivity contribution in [3.8, 4) is 0 Å². The third-order valence-corrected chi connectivity index (χ3v) is 5.09. The molecule has 0 aliphatic rings. The average Bonchev–Trinajstić information content (AvgIpc) is 3.31. The number of hydrogen-bond donors (Lipinski definition) is 2. The molecule has 0 spiro atoms. The molecule has 0 radical (unpaired) electrons. The number of amides is 1. The first kappa shape index (κ1) is 18.7. The van der Waals surface area contributed by atoms with E-state index in [0.717, 1.165) is 28.7 Å². The smallest absolute Gasteiger partial charge is 0.251 e. The number of nitrogens with one attached hydrogen (secondary N) is 2. The topological polar surface area (TPSA) is 84.2 Å². The van der Waals surface area contributed by atoms with Gasteiger partial charge in [0.25, 0.3) is 5.91 Å². The number of anilines is 2. The minimum absolute atomic E-state index is 0.0903. The summed E-state index contributed by atoms with van der Waals surface area (Å²) < 4.78 is 1.81. The Hall–Kier alpha value is -4.26. The highest BCUT2D eigenvalue weighted by Gasteiger charge is 2.10. The number of rotatable bonds is 6. The lowest BCUT2D eigenvalue weighted by molar-refractivity contribution is 0.0954. The van der Waals surface area contributed by atoms with Crippen molar-refractivity contribution in [1.82, 2.24) is 24.9 Å². The Morgan fingerprint density at radius 1 is 0.903 bits per heavy atom. The van der Waals surface area contributed by atoms with E-state index in [-0.39, 0.29) is 5.91 Å². The Balaban J connectivity index is 1.29. The van der Waals surface area contributed by atoms with Gasteiger partial charge in [-0.05, 0) is 48.4 Å². The van der Waals surface area contributed by atoms with Crippen molar-refractivity contribution in [2.24, 2.45) is 0 Å². The third-order valence-electron chi connectivity index (χ3n) is 5.09. The van der Waals surface area contributed by atoms with Crippen molar-refractivity contribution >= 4 is 34.1 Å². The van der Waals surface area contributed by atoms with Crippen molar-refractivity contribution in [2.45, 2.75) is 6.42 Å². The first-order chi connectivity index (χ1) is 15.3. The van der Waals surface area contributed by atoms with E-state index in [2.05, 4.69) is 33.0 Å². The molecular weight excluding hydrogens is 388 g/mol. The van der Waals surface area contributed by atoms with Crippen molar-refractivity contribution in [2.75, 3.05) is 11.9 Å². The fourth-order valence-electron chi connectivity index (χ4n) is 3.49. The van der Waals surface area contributed by atoms with Gasteiger partial charge in [0.2, 0.25) is 5.95 Å². The highest BCUT2D eigenvalue weighted by atomic mass is 16.1. The van der Waals surface area contributed by atoms with Gasteiger partial charge in [0.05, 0.1) is 5.52 Å². The van der Waals surface area contributed by atoms with Gasteiger partial charge in [-0.25, -0.2) is 4.98 Å². The van der Waals surface area contributed by atoms with Gasteiger partial charge in [-0.1, -0.05) is 42.5 Å². The highest BCUT2D eigenvalue weighted by Crippen LogP contribution is 2.22. The largest absolute Gasteiger partial charge is 0.352 e. The fourth-order valence-corrected chi connectivity index (χ4v) is 3.49. The standard InChI is InChI=1S/C24H20N6O/c31-23(25-15-14-17-6-2-1-3-7-17)18-10-12-19(13-11-18)27-24-28-21-9-5-4-8-20(21)22-29-26-16-30(22)24/h1-13,16H,14-15H2,(H,25,31)(H,27,28). The zero-order valence-corrected chi connectivity index (χ0v) is 16.7. The molecule has 0 saturated heterocycles. The molecule has 2 heterocycles. The number of fused-ring (bicyclic) bond motifs is 3. The van der Waals surface area contributed by atoms with Crippen LogP contribution in [0.2, 0.25) is 0 Å². The fraction of sp³-hybridized carbons (Fsp3) is 0.0833. The highest BCUT2D eigenvalue weighted by molar-refractivity contribution is 5.95. The van der Waals surface area contributed by atoms with Crippen LogP contribution in [0.4, 0.5) is 11.6 Å². The monoisotopic (exact) mass is 408 g/mol. The van der Waals surface area contributed by atoms with E-state index in [0.29, 0.717) is 18.1 Å². The lowest BCUT2D eigenvalue weighted by atomic mass is 10.1. The van der Waals surface area contributed by atoms with Gasteiger partial charge in [-0.2, -0.15) is 0 Å². The minimum atomic E-state index is -0.0903. The molecule has 2 aromatic heterocycles. The van der Waals surface area contributed by atoms with Crippen LogP contribution in [0.5, 0.6) is 0 Å². The van der Waals surface area contributed by atoms with Crippen LogP contribution < -0.4 is 10.6 Å². The van der Waals surface area contributed by atoms with E-state index in [4.69, 9.17) is 4.98 Å². The third kappa shape index (κ3) is 3.93. The van der Waals surface area contributed by atoms with Gasteiger partial charge < -0.3 is 10.6 Å². The SMILES string of the molecule is O=C(NCCc1ccccc1)c1ccc(Nc2nc3ccccc3c3nncn23)cc1. The number of nitrogens with zero attached hydrogens (tertiary/aromatic N) is 4. The minimum Gasteiger partial charge on any atom is -0.352 e. The molecular formula is C24H20N6O. The van der Waals surface area contributed by atoms with E-state index < -0.39 is 0 Å². The molecule has 0 aliphatic carbocycles. The van der Waals surface area contributed by atoms with Crippen LogP contribution in [0.15, 0.2) is 85.2 Å². The predicted molar refractivity (Wildman–Crippen MR) is 120 cm³/mol. The Morgan fingerprint density at radius 2 is 1.68 bits per heavy atom. The second kappa shape index (κ2) is 8.23. The number of aromatic nitrogens is 4. The first-order valence-electron chi connectivity index (χ1n) is 10.1. The van der Waals surface area contributed by atoms with Crippen molar-refractivity contribution in [1.29, 1.82) is 0 Å². The summed E-state index contributed by atoms with van der Waals surface area (Å²) in [6, 6.07) is 25.2. The summed E-state index contributed by atoms with van der Waals surface area (Å²) in [5, 5.41) is 15.4. The number of benzene rings is 3. The summed E-state index contributed by atoms with van der Waals surface area (Å²) in [4.78, 5) is 17.1. The van der Waals surface area contributed by atoms with Gasteiger partial charge >= 0.3 is 0 Å². The molecule has 0 fully saturated rings. The first-order valence-corrected chi connectivity index (χ1v) is 10.1. The molecule has 5 rings (SSSR count). The second-order valence-corrected chi connectivity index (χ2v) is 7.17. The van der Waals surface area contributed by atoms with Crippen LogP contribution in [-0.2, 0) is 6.42 Å². The second-order valence-electron chi connectivity index (χ2n) is 7.17. The maximum Gasteiger partial charge on any atom is 0.251 e. The maximum atomic E-state index is 12.4. The predicted octanol–water partition coefficient (Wildman–Crippen LogP) is 3.99. The zero-order valence-electron chi connectivity index (χ0n) is 16.7. The van der Waals surface area contributed by atoms with Crippen LogP contribution >= 0.6 is 0 Å². The van der Waals surface area contributed by atoms with Gasteiger partial charge in [-0.3, -0.25) is 9.20 Å². The molecule has 152 valence electrons. The number of hydrogen-bond acceptors (Lipinski definition) is 5. The molecule has 0 atom stereocenters. The number of para-hydroxylation sites is 1. The van der Waals surface area contributed by atoms with Crippen molar-refractivity contribution in [3.05, 3.63) is 96.3 Å². The number of carbonyl (C=O) groups excluding carboxylic acids is 1. The average molecular weight is 408 g/mol. The lowest BCUT2D eigenvalue weighted by Gasteiger charge is -2.10. The Bertz CT molecular complexity index is 1350. The van der Waals surface area contributed by atoms with E-state index in [1.807, 2.05) is 59.0 Å². The molecule has 0 bridgehead atoms. The molecule has 5 aromatic rings.